The molecule has 0 fully saturated rings. The van der Waals surface area contributed by atoms with Crippen LogP contribution >= 0.6 is 0 Å². The first-order valence-electron chi connectivity index (χ1n) is 6.82. The van der Waals surface area contributed by atoms with E-state index in [1.165, 1.54) is 7.11 Å². The maximum absolute atomic E-state index is 11.8. The molecule has 112 valence electrons. The molecule has 0 spiro atoms. The van der Waals surface area contributed by atoms with Gasteiger partial charge in [0.2, 0.25) is 0 Å². The molecule has 1 heterocycles. The lowest BCUT2D eigenvalue weighted by molar-refractivity contribution is -0.141. The molecule has 0 aromatic carbocycles. The van der Waals surface area contributed by atoms with Gasteiger partial charge in [-0.2, -0.15) is 0 Å². The number of nitrogens with two attached hydrogens (primary N) is 1. The van der Waals surface area contributed by atoms with Crippen LogP contribution in [0, 0.1) is 5.92 Å². The van der Waals surface area contributed by atoms with E-state index in [0.717, 1.165) is 0 Å². The van der Waals surface area contributed by atoms with Gasteiger partial charge in [-0.05, 0) is 12.3 Å². The minimum absolute atomic E-state index is 0.167. The lowest BCUT2D eigenvalue weighted by Gasteiger charge is -2.19. The fourth-order valence-corrected chi connectivity index (χ4v) is 1.82. The summed E-state index contributed by atoms with van der Waals surface area (Å²) in [6, 6.07) is 1.19. The van der Waals surface area contributed by atoms with Crippen molar-refractivity contribution in [3.05, 3.63) is 11.9 Å². The van der Waals surface area contributed by atoms with Crippen LogP contribution in [0.4, 0.5) is 11.6 Å². The Balaban J connectivity index is 2.95. The standard InChI is InChI=1S/C14H24N4O2/c1-8(2)6-10(14(19)20-5)16-12-7-11(15)17-13(18-12)9(3)4/h7-10H,6H2,1-5H3,(H3,15,16,17,18). The predicted octanol–water partition coefficient (Wildman–Crippen LogP) is 2.18. The molecule has 0 saturated carbocycles. The summed E-state index contributed by atoms with van der Waals surface area (Å²) in [4.78, 5) is 20.4. The molecule has 1 rings (SSSR count). The van der Waals surface area contributed by atoms with Crippen LogP contribution in [0.15, 0.2) is 6.07 Å². The number of aromatic nitrogens is 2. The predicted molar refractivity (Wildman–Crippen MR) is 79.4 cm³/mol. The zero-order valence-corrected chi connectivity index (χ0v) is 12.8. The van der Waals surface area contributed by atoms with Crippen molar-refractivity contribution in [2.24, 2.45) is 5.92 Å². The van der Waals surface area contributed by atoms with Crippen LogP contribution in [0.3, 0.4) is 0 Å². The Labute approximate surface area is 120 Å². The summed E-state index contributed by atoms with van der Waals surface area (Å²) in [5, 5.41) is 3.09. The maximum Gasteiger partial charge on any atom is 0.328 e. The highest BCUT2D eigenvalue weighted by Crippen LogP contribution is 2.17. The summed E-state index contributed by atoms with van der Waals surface area (Å²) in [5.41, 5.74) is 5.78. The van der Waals surface area contributed by atoms with E-state index in [9.17, 15) is 4.79 Å². The number of esters is 1. The van der Waals surface area contributed by atoms with Gasteiger partial charge >= 0.3 is 5.97 Å². The minimum Gasteiger partial charge on any atom is -0.467 e. The summed E-state index contributed by atoms with van der Waals surface area (Å²) in [6.45, 7) is 8.08. The second-order valence-electron chi connectivity index (χ2n) is 5.54. The van der Waals surface area contributed by atoms with Crippen LogP contribution in [0.25, 0.3) is 0 Å². The second-order valence-corrected chi connectivity index (χ2v) is 5.54. The van der Waals surface area contributed by atoms with Gasteiger partial charge in [-0.3, -0.25) is 0 Å². The number of anilines is 2. The van der Waals surface area contributed by atoms with Crippen LogP contribution in [0.2, 0.25) is 0 Å². The number of rotatable bonds is 6. The van der Waals surface area contributed by atoms with Gasteiger partial charge in [0.05, 0.1) is 7.11 Å². The summed E-state index contributed by atoms with van der Waals surface area (Å²) < 4.78 is 4.82. The molecule has 0 aliphatic rings. The Morgan fingerprint density at radius 3 is 2.50 bits per heavy atom. The summed E-state index contributed by atoms with van der Waals surface area (Å²) in [6.07, 6.45) is 0.660. The molecule has 0 bridgehead atoms. The Morgan fingerprint density at radius 1 is 1.35 bits per heavy atom. The number of nitrogen functional groups attached to an aromatic ring is 1. The molecule has 0 amide bonds. The van der Waals surface area contributed by atoms with E-state index in [1.807, 2.05) is 27.7 Å². The van der Waals surface area contributed by atoms with Gasteiger partial charge in [0.1, 0.15) is 23.5 Å². The van der Waals surface area contributed by atoms with E-state index >= 15 is 0 Å². The Bertz CT molecular complexity index is 460. The van der Waals surface area contributed by atoms with Crippen molar-refractivity contribution < 1.29 is 9.53 Å². The summed E-state index contributed by atoms with van der Waals surface area (Å²) in [5.74, 6) is 1.82. The van der Waals surface area contributed by atoms with Crippen molar-refractivity contribution in [3.63, 3.8) is 0 Å². The molecule has 6 heteroatoms. The van der Waals surface area contributed by atoms with Gasteiger partial charge in [-0.15, -0.1) is 0 Å². The van der Waals surface area contributed by atoms with Gasteiger partial charge in [0.25, 0.3) is 0 Å². The molecule has 0 saturated heterocycles. The topological polar surface area (TPSA) is 90.1 Å². The molecular formula is C14H24N4O2. The Hall–Kier alpha value is -1.85. The fraction of sp³-hybridized carbons (Fsp3) is 0.643. The van der Waals surface area contributed by atoms with Gasteiger partial charge in [-0.1, -0.05) is 27.7 Å². The van der Waals surface area contributed by atoms with Crippen LogP contribution in [-0.2, 0) is 9.53 Å². The molecule has 0 aliphatic carbocycles. The van der Waals surface area contributed by atoms with Gasteiger partial charge in [0, 0.05) is 12.0 Å². The summed E-state index contributed by atoms with van der Waals surface area (Å²) >= 11 is 0. The lowest BCUT2D eigenvalue weighted by atomic mass is 10.0. The SMILES string of the molecule is COC(=O)C(CC(C)C)Nc1cc(N)nc(C(C)C)n1. The average Bonchev–Trinajstić information content (AvgIpc) is 2.35. The van der Waals surface area contributed by atoms with Crippen LogP contribution in [-0.4, -0.2) is 29.1 Å². The van der Waals surface area contributed by atoms with E-state index in [4.69, 9.17) is 10.5 Å². The van der Waals surface area contributed by atoms with E-state index in [1.54, 1.807) is 6.07 Å². The normalized spacial score (nSPS) is 12.6. The first-order valence-corrected chi connectivity index (χ1v) is 6.82. The lowest BCUT2D eigenvalue weighted by Crippen LogP contribution is -2.32. The molecule has 0 radical (unpaired) electrons. The van der Waals surface area contributed by atoms with Crippen molar-refractivity contribution in [2.75, 3.05) is 18.2 Å². The number of methoxy groups -OCH3 is 1. The number of hydrogen-bond donors (Lipinski definition) is 2. The number of ether oxygens (including phenoxy) is 1. The highest BCUT2D eigenvalue weighted by molar-refractivity contribution is 5.78. The fourth-order valence-electron chi connectivity index (χ4n) is 1.82. The molecule has 1 atom stereocenters. The molecule has 1 aromatic heterocycles. The first-order chi connectivity index (χ1) is 9.33. The monoisotopic (exact) mass is 280 g/mol. The third-order valence-electron chi connectivity index (χ3n) is 2.79. The molecule has 1 unspecified atom stereocenters. The van der Waals surface area contributed by atoms with Crippen molar-refractivity contribution in [2.45, 2.75) is 46.1 Å². The zero-order valence-electron chi connectivity index (χ0n) is 12.8. The number of carbonyl (C=O) groups is 1. The summed E-state index contributed by atoms with van der Waals surface area (Å²) in [7, 11) is 1.38. The van der Waals surface area contributed by atoms with E-state index < -0.39 is 6.04 Å². The third kappa shape index (κ3) is 4.68. The molecular weight excluding hydrogens is 256 g/mol. The smallest absolute Gasteiger partial charge is 0.328 e. The number of hydrogen-bond acceptors (Lipinski definition) is 6. The van der Waals surface area contributed by atoms with E-state index in [-0.39, 0.29) is 11.9 Å². The third-order valence-corrected chi connectivity index (χ3v) is 2.79. The van der Waals surface area contributed by atoms with E-state index in [2.05, 4.69) is 15.3 Å². The zero-order chi connectivity index (χ0) is 15.3. The Kier molecular flexibility index (Phi) is 5.73. The highest BCUT2D eigenvalue weighted by atomic mass is 16.5. The van der Waals surface area contributed by atoms with Gasteiger partial charge in [-0.25, -0.2) is 14.8 Å². The minimum atomic E-state index is -0.436. The largest absolute Gasteiger partial charge is 0.467 e. The Morgan fingerprint density at radius 2 is 2.00 bits per heavy atom. The van der Waals surface area contributed by atoms with Gasteiger partial charge in [0.15, 0.2) is 0 Å². The van der Waals surface area contributed by atoms with Crippen molar-refractivity contribution in [1.29, 1.82) is 0 Å². The molecule has 0 aliphatic heterocycles. The van der Waals surface area contributed by atoms with E-state index in [0.29, 0.717) is 29.8 Å². The molecule has 1 aromatic rings. The highest BCUT2D eigenvalue weighted by Gasteiger charge is 2.21. The van der Waals surface area contributed by atoms with Crippen molar-refractivity contribution in [3.8, 4) is 0 Å². The molecule has 6 nitrogen and oxygen atoms in total. The number of nitrogens with one attached hydrogen (secondary N) is 1. The van der Waals surface area contributed by atoms with Crippen LogP contribution in [0.5, 0.6) is 0 Å². The van der Waals surface area contributed by atoms with Crippen molar-refractivity contribution in [1.82, 2.24) is 9.97 Å². The number of nitrogens with zero attached hydrogens (tertiary/aromatic N) is 2. The number of carbonyl (C=O) groups excluding carboxylic acids is 1. The van der Waals surface area contributed by atoms with Crippen molar-refractivity contribution >= 4 is 17.6 Å². The second kappa shape index (κ2) is 7.07. The first kappa shape index (κ1) is 16.2. The van der Waals surface area contributed by atoms with Crippen LogP contribution in [0.1, 0.15) is 45.9 Å². The average molecular weight is 280 g/mol. The maximum atomic E-state index is 11.8. The quantitative estimate of drug-likeness (QED) is 0.776. The molecule has 20 heavy (non-hydrogen) atoms. The van der Waals surface area contributed by atoms with Gasteiger partial charge < -0.3 is 15.8 Å². The molecule has 3 N–H and O–H groups in total. The van der Waals surface area contributed by atoms with Crippen LogP contribution < -0.4 is 11.1 Å².